The van der Waals surface area contributed by atoms with Gasteiger partial charge in [0, 0.05) is 6.04 Å². The number of rotatable bonds is 5. The number of carbonyl (C=O) groups is 1. The molecule has 0 aliphatic heterocycles. The zero-order valence-electron chi connectivity index (χ0n) is 11.6. The molecular formula is C17H19NO2. The van der Waals surface area contributed by atoms with Crippen molar-refractivity contribution in [3.05, 3.63) is 71.3 Å². The van der Waals surface area contributed by atoms with Crippen LogP contribution in [0.1, 0.15) is 29.2 Å². The highest BCUT2D eigenvalue weighted by atomic mass is 16.5. The van der Waals surface area contributed by atoms with Gasteiger partial charge in [-0.1, -0.05) is 60.2 Å². The van der Waals surface area contributed by atoms with Gasteiger partial charge in [0.15, 0.2) is 0 Å². The molecule has 0 heterocycles. The van der Waals surface area contributed by atoms with Crippen LogP contribution in [-0.2, 0) is 16.1 Å². The number of benzene rings is 2. The van der Waals surface area contributed by atoms with E-state index in [1.165, 1.54) is 5.56 Å². The summed E-state index contributed by atoms with van der Waals surface area (Å²) in [5.74, 6) is -0.276. The first-order valence-electron chi connectivity index (χ1n) is 6.67. The van der Waals surface area contributed by atoms with Gasteiger partial charge in [-0.05, 0) is 18.1 Å². The maximum atomic E-state index is 11.8. The molecule has 2 aromatic carbocycles. The molecule has 0 bridgehead atoms. The van der Waals surface area contributed by atoms with E-state index in [0.717, 1.165) is 11.1 Å². The first kappa shape index (κ1) is 14.3. The van der Waals surface area contributed by atoms with Gasteiger partial charge in [0.05, 0.1) is 6.42 Å². The van der Waals surface area contributed by atoms with Crippen LogP contribution >= 0.6 is 0 Å². The average molecular weight is 269 g/mol. The van der Waals surface area contributed by atoms with Crippen molar-refractivity contribution in [3.63, 3.8) is 0 Å². The third-order valence-corrected chi connectivity index (χ3v) is 3.13. The van der Waals surface area contributed by atoms with Gasteiger partial charge in [-0.3, -0.25) is 4.79 Å². The van der Waals surface area contributed by atoms with Crippen molar-refractivity contribution in [2.24, 2.45) is 5.73 Å². The molecule has 0 aliphatic carbocycles. The summed E-state index contributed by atoms with van der Waals surface area (Å²) in [6.07, 6.45) is 0.190. The molecule has 20 heavy (non-hydrogen) atoms. The van der Waals surface area contributed by atoms with Crippen molar-refractivity contribution < 1.29 is 9.53 Å². The summed E-state index contributed by atoms with van der Waals surface area (Å²) in [4.78, 5) is 11.8. The topological polar surface area (TPSA) is 52.3 Å². The maximum absolute atomic E-state index is 11.8. The zero-order chi connectivity index (χ0) is 14.4. The second kappa shape index (κ2) is 6.87. The Morgan fingerprint density at radius 1 is 1.10 bits per heavy atom. The largest absolute Gasteiger partial charge is 0.461 e. The Hall–Kier alpha value is -2.13. The van der Waals surface area contributed by atoms with Gasteiger partial charge in [0.25, 0.3) is 0 Å². The van der Waals surface area contributed by atoms with Crippen LogP contribution in [0.5, 0.6) is 0 Å². The van der Waals surface area contributed by atoms with Crippen molar-refractivity contribution in [2.75, 3.05) is 0 Å². The van der Waals surface area contributed by atoms with Crippen LogP contribution in [0.2, 0.25) is 0 Å². The lowest BCUT2D eigenvalue weighted by molar-refractivity contribution is -0.145. The summed E-state index contributed by atoms with van der Waals surface area (Å²) in [6, 6.07) is 17.2. The van der Waals surface area contributed by atoms with E-state index in [1.807, 2.05) is 61.5 Å². The quantitative estimate of drug-likeness (QED) is 0.848. The highest BCUT2D eigenvalue weighted by Crippen LogP contribution is 2.15. The predicted octanol–water partition coefficient (Wildman–Crippen LogP) is 3.13. The van der Waals surface area contributed by atoms with E-state index in [9.17, 15) is 4.79 Å². The Morgan fingerprint density at radius 3 is 2.40 bits per heavy atom. The van der Waals surface area contributed by atoms with Gasteiger partial charge >= 0.3 is 5.97 Å². The summed E-state index contributed by atoms with van der Waals surface area (Å²) in [6.45, 7) is 2.31. The highest BCUT2D eigenvalue weighted by molar-refractivity contribution is 5.70. The molecule has 0 saturated heterocycles. The highest BCUT2D eigenvalue weighted by Gasteiger charge is 2.12. The van der Waals surface area contributed by atoms with Gasteiger partial charge in [-0.25, -0.2) is 0 Å². The fourth-order valence-corrected chi connectivity index (χ4v) is 1.91. The molecule has 3 heteroatoms. The minimum atomic E-state index is -0.320. The molecule has 3 nitrogen and oxygen atoms in total. The van der Waals surface area contributed by atoms with Crippen molar-refractivity contribution in [2.45, 2.75) is 26.0 Å². The Morgan fingerprint density at radius 2 is 1.75 bits per heavy atom. The van der Waals surface area contributed by atoms with Crippen LogP contribution < -0.4 is 5.73 Å². The van der Waals surface area contributed by atoms with Crippen molar-refractivity contribution in [1.82, 2.24) is 0 Å². The standard InChI is InChI=1S/C17H19NO2/c1-13-7-9-15(10-8-13)16(18)11-17(19)20-12-14-5-3-2-4-6-14/h2-10,16H,11-12,18H2,1H3/t16-/m1/s1. The van der Waals surface area contributed by atoms with Crippen LogP contribution in [0, 0.1) is 6.92 Å². The molecule has 0 fully saturated rings. The second-order valence-electron chi connectivity index (χ2n) is 4.87. The molecule has 0 spiro atoms. The molecule has 0 aliphatic rings. The Balaban J connectivity index is 1.83. The van der Waals surface area contributed by atoms with Crippen molar-refractivity contribution in [1.29, 1.82) is 0 Å². The summed E-state index contributed by atoms with van der Waals surface area (Å²) < 4.78 is 5.23. The summed E-state index contributed by atoms with van der Waals surface area (Å²) in [5, 5.41) is 0. The first-order valence-corrected chi connectivity index (χ1v) is 6.67. The minimum Gasteiger partial charge on any atom is -0.461 e. The molecular weight excluding hydrogens is 250 g/mol. The van der Waals surface area contributed by atoms with Gasteiger partial charge in [-0.2, -0.15) is 0 Å². The summed E-state index contributed by atoms with van der Waals surface area (Å²) >= 11 is 0. The number of aryl methyl sites for hydroxylation is 1. The van der Waals surface area contributed by atoms with Gasteiger partial charge < -0.3 is 10.5 Å². The third kappa shape index (κ3) is 4.21. The lowest BCUT2D eigenvalue weighted by Crippen LogP contribution is -2.17. The summed E-state index contributed by atoms with van der Waals surface area (Å²) in [7, 11) is 0. The Bertz CT molecular complexity index is 549. The lowest BCUT2D eigenvalue weighted by atomic mass is 10.0. The van der Waals surface area contributed by atoms with Gasteiger partial charge in [0.1, 0.15) is 6.61 Å². The van der Waals surface area contributed by atoms with Crippen LogP contribution in [-0.4, -0.2) is 5.97 Å². The van der Waals surface area contributed by atoms with Crippen molar-refractivity contribution >= 4 is 5.97 Å². The molecule has 104 valence electrons. The lowest BCUT2D eigenvalue weighted by Gasteiger charge is -2.12. The number of hydrogen-bond donors (Lipinski definition) is 1. The van der Waals surface area contributed by atoms with Crippen LogP contribution in [0.25, 0.3) is 0 Å². The second-order valence-corrected chi connectivity index (χ2v) is 4.87. The van der Waals surface area contributed by atoms with E-state index in [1.54, 1.807) is 0 Å². The Kier molecular flexibility index (Phi) is 4.91. The number of hydrogen-bond acceptors (Lipinski definition) is 3. The molecule has 0 aromatic heterocycles. The van der Waals surface area contributed by atoms with E-state index in [0.29, 0.717) is 6.61 Å². The third-order valence-electron chi connectivity index (χ3n) is 3.13. The van der Waals surface area contributed by atoms with Crippen LogP contribution in [0.15, 0.2) is 54.6 Å². The predicted molar refractivity (Wildman–Crippen MR) is 79.0 cm³/mol. The van der Waals surface area contributed by atoms with Crippen molar-refractivity contribution in [3.8, 4) is 0 Å². The molecule has 2 rings (SSSR count). The smallest absolute Gasteiger partial charge is 0.308 e. The molecule has 2 aromatic rings. The number of ether oxygens (including phenoxy) is 1. The van der Waals surface area contributed by atoms with E-state index >= 15 is 0 Å². The van der Waals surface area contributed by atoms with E-state index in [2.05, 4.69) is 0 Å². The SMILES string of the molecule is Cc1ccc([C@H](N)CC(=O)OCc2ccccc2)cc1. The maximum Gasteiger partial charge on any atom is 0.308 e. The van der Waals surface area contributed by atoms with Crippen LogP contribution in [0.3, 0.4) is 0 Å². The van der Waals surface area contributed by atoms with Gasteiger partial charge in [-0.15, -0.1) is 0 Å². The molecule has 1 atom stereocenters. The van der Waals surface area contributed by atoms with E-state index in [4.69, 9.17) is 10.5 Å². The van der Waals surface area contributed by atoms with Gasteiger partial charge in [0.2, 0.25) is 0 Å². The molecule has 0 unspecified atom stereocenters. The van der Waals surface area contributed by atoms with E-state index in [-0.39, 0.29) is 18.4 Å². The first-order chi connectivity index (χ1) is 9.65. The minimum absolute atomic E-state index is 0.190. The molecule has 0 amide bonds. The van der Waals surface area contributed by atoms with E-state index < -0.39 is 0 Å². The number of esters is 1. The summed E-state index contributed by atoms with van der Waals surface area (Å²) in [5.41, 5.74) is 9.12. The fraction of sp³-hybridized carbons (Fsp3) is 0.235. The van der Waals surface area contributed by atoms with Crippen LogP contribution in [0.4, 0.5) is 0 Å². The molecule has 0 saturated carbocycles. The fourth-order valence-electron chi connectivity index (χ4n) is 1.91. The molecule has 2 N–H and O–H groups in total. The Labute approximate surface area is 119 Å². The zero-order valence-corrected chi connectivity index (χ0v) is 11.6. The number of nitrogens with two attached hydrogens (primary N) is 1. The average Bonchev–Trinajstić information content (AvgIpc) is 2.47. The normalized spacial score (nSPS) is 11.9. The molecule has 0 radical (unpaired) electrons. The number of carbonyl (C=O) groups excluding carboxylic acids is 1. The monoisotopic (exact) mass is 269 g/mol.